The molecule has 2 aromatic carbocycles. The minimum atomic E-state index is -0.102. The molecule has 0 saturated carbocycles. The Hall–Kier alpha value is -1.91. The van der Waals surface area contributed by atoms with Crippen molar-refractivity contribution in [3.8, 4) is 0 Å². The molecule has 0 atom stereocenters. The molecular weight excluding hydrogens is 495 g/mol. The molecule has 0 aliphatic heterocycles. The molecule has 11 heteroatoms. The molecule has 31 heavy (non-hydrogen) atoms. The van der Waals surface area contributed by atoms with Gasteiger partial charge in [0, 0.05) is 34.4 Å². The second kappa shape index (κ2) is 10.1. The minimum Gasteiger partial charge on any atom is -0.302 e. The number of aromatic nitrogens is 2. The molecule has 0 radical (unpaired) electrons. The van der Waals surface area contributed by atoms with Crippen LogP contribution in [0.25, 0.3) is 20.4 Å². The highest BCUT2D eigenvalue weighted by molar-refractivity contribution is 7.99. The Morgan fingerprint density at radius 3 is 1.71 bits per heavy atom. The molecule has 2 heterocycles. The maximum atomic E-state index is 12.1. The topological polar surface area (TPSA) is 84.0 Å². The van der Waals surface area contributed by atoms with Gasteiger partial charge in [-0.2, -0.15) is 11.8 Å². The van der Waals surface area contributed by atoms with Gasteiger partial charge in [0.15, 0.2) is 10.3 Å². The molecule has 4 aromatic rings. The highest BCUT2D eigenvalue weighted by Crippen LogP contribution is 2.29. The Balaban J connectivity index is 1.16. The van der Waals surface area contributed by atoms with Crippen LogP contribution in [0.2, 0.25) is 10.0 Å². The fraction of sp³-hybridized carbons (Fsp3) is 0.200. The molecule has 2 amide bonds. The van der Waals surface area contributed by atoms with E-state index in [1.807, 2.05) is 24.3 Å². The van der Waals surface area contributed by atoms with Crippen molar-refractivity contribution in [1.29, 1.82) is 0 Å². The lowest BCUT2D eigenvalue weighted by Gasteiger charge is -2.03. The van der Waals surface area contributed by atoms with E-state index in [4.69, 9.17) is 23.2 Å². The summed E-state index contributed by atoms with van der Waals surface area (Å²) in [6.45, 7) is 0. The van der Waals surface area contributed by atoms with Crippen LogP contribution in [-0.4, -0.2) is 33.3 Å². The van der Waals surface area contributed by atoms with Gasteiger partial charge in [-0.1, -0.05) is 45.9 Å². The van der Waals surface area contributed by atoms with Crippen LogP contribution in [0.3, 0.4) is 0 Å². The zero-order valence-corrected chi connectivity index (χ0v) is 19.9. The van der Waals surface area contributed by atoms with E-state index >= 15 is 0 Å². The van der Waals surface area contributed by atoms with Crippen molar-refractivity contribution in [3.05, 3.63) is 46.4 Å². The Morgan fingerprint density at radius 1 is 0.806 bits per heavy atom. The number of hydrogen-bond donors (Lipinski definition) is 2. The number of benzene rings is 2. The minimum absolute atomic E-state index is 0.102. The van der Waals surface area contributed by atoms with Crippen molar-refractivity contribution < 1.29 is 9.59 Å². The second-order valence-electron chi connectivity index (χ2n) is 6.47. The molecule has 2 N–H and O–H groups in total. The average Bonchev–Trinajstić information content (AvgIpc) is 3.29. The van der Waals surface area contributed by atoms with Crippen LogP contribution in [-0.2, 0) is 9.59 Å². The lowest BCUT2D eigenvalue weighted by Crippen LogP contribution is -2.13. The predicted molar refractivity (Wildman–Crippen MR) is 133 cm³/mol. The predicted octanol–water partition coefficient (Wildman–Crippen LogP) is 6.30. The molecule has 6 nitrogen and oxygen atoms in total. The van der Waals surface area contributed by atoms with Gasteiger partial charge in [0.05, 0.1) is 20.4 Å². The number of fused-ring (bicyclic) bond motifs is 2. The van der Waals surface area contributed by atoms with Gasteiger partial charge in [-0.25, -0.2) is 9.97 Å². The van der Waals surface area contributed by atoms with Gasteiger partial charge in [0.25, 0.3) is 0 Å². The average molecular weight is 511 g/mol. The third-order valence-corrected chi connectivity index (χ3v) is 7.46. The van der Waals surface area contributed by atoms with Crippen molar-refractivity contribution >= 4 is 100 Å². The number of nitrogens with one attached hydrogen (secondary N) is 2. The van der Waals surface area contributed by atoms with Crippen molar-refractivity contribution in [2.45, 2.75) is 12.8 Å². The number of amides is 2. The number of carbonyl (C=O) groups is 2. The first-order chi connectivity index (χ1) is 15.0. The molecule has 0 spiro atoms. The molecule has 0 saturated heterocycles. The SMILES string of the molecule is O=C(CCSCCC(=O)Nc1nc2ccc(Cl)cc2s1)Nc1nc2ccc(Cl)cc2s1. The zero-order chi connectivity index (χ0) is 21.8. The highest BCUT2D eigenvalue weighted by atomic mass is 35.5. The van der Waals surface area contributed by atoms with Gasteiger partial charge in [0.1, 0.15) is 0 Å². The fourth-order valence-corrected chi connectivity index (χ4v) is 5.88. The lowest BCUT2D eigenvalue weighted by atomic mass is 10.3. The van der Waals surface area contributed by atoms with E-state index < -0.39 is 0 Å². The summed E-state index contributed by atoms with van der Waals surface area (Å²) >= 11 is 16.3. The quantitative estimate of drug-likeness (QED) is 0.271. The van der Waals surface area contributed by atoms with E-state index in [0.717, 1.165) is 20.4 Å². The maximum absolute atomic E-state index is 12.1. The van der Waals surface area contributed by atoms with E-state index in [0.29, 0.717) is 44.7 Å². The lowest BCUT2D eigenvalue weighted by molar-refractivity contribution is -0.116. The number of nitrogens with zero attached hydrogens (tertiary/aromatic N) is 2. The van der Waals surface area contributed by atoms with Gasteiger partial charge in [-0.15, -0.1) is 0 Å². The Bertz CT molecular complexity index is 1160. The summed E-state index contributed by atoms with van der Waals surface area (Å²) in [6, 6.07) is 10.9. The van der Waals surface area contributed by atoms with Crippen molar-refractivity contribution in [2.24, 2.45) is 0 Å². The van der Waals surface area contributed by atoms with Crippen molar-refractivity contribution in [3.63, 3.8) is 0 Å². The first-order valence-electron chi connectivity index (χ1n) is 9.26. The van der Waals surface area contributed by atoms with Gasteiger partial charge >= 0.3 is 0 Å². The normalized spacial score (nSPS) is 11.2. The summed E-state index contributed by atoms with van der Waals surface area (Å²) < 4.78 is 1.86. The number of rotatable bonds is 8. The standard InChI is InChI=1S/C20H16Cl2N4O2S3/c21-11-1-3-13-15(9-11)30-19(23-13)25-17(27)5-7-29-8-6-18(28)26-20-24-14-4-2-12(22)10-16(14)31-20/h1-4,9-10H,5-8H2,(H,23,25,27)(H,24,26,28). The maximum Gasteiger partial charge on any atom is 0.226 e. The first kappa shape index (κ1) is 22.3. The Kier molecular flexibility index (Phi) is 7.29. The van der Waals surface area contributed by atoms with E-state index in [1.54, 1.807) is 23.9 Å². The fourth-order valence-electron chi connectivity index (χ4n) is 2.70. The van der Waals surface area contributed by atoms with Crippen LogP contribution in [0.4, 0.5) is 10.3 Å². The van der Waals surface area contributed by atoms with Gasteiger partial charge in [-0.05, 0) is 36.4 Å². The van der Waals surface area contributed by atoms with Gasteiger partial charge in [0.2, 0.25) is 11.8 Å². The number of thioether (sulfide) groups is 1. The number of halogens is 2. The Labute approximate surface area is 200 Å². The van der Waals surface area contributed by atoms with E-state index in [-0.39, 0.29) is 11.8 Å². The number of anilines is 2. The summed E-state index contributed by atoms with van der Waals surface area (Å²) in [5.41, 5.74) is 1.61. The summed E-state index contributed by atoms with van der Waals surface area (Å²) in [5.74, 6) is 1.04. The van der Waals surface area contributed by atoms with Crippen molar-refractivity contribution in [1.82, 2.24) is 9.97 Å². The van der Waals surface area contributed by atoms with Crippen LogP contribution >= 0.6 is 57.6 Å². The molecule has 4 rings (SSSR count). The number of hydrogen-bond acceptors (Lipinski definition) is 7. The molecule has 160 valence electrons. The van der Waals surface area contributed by atoms with Crippen LogP contribution in [0.15, 0.2) is 36.4 Å². The molecule has 0 bridgehead atoms. The first-order valence-corrected chi connectivity index (χ1v) is 12.8. The third-order valence-electron chi connectivity index (χ3n) is 4.14. The van der Waals surface area contributed by atoms with Crippen LogP contribution in [0.1, 0.15) is 12.8 Å². The van der Waals surface area contributed by atoms with Crippen LogP contribution in [0.5, 0.6) is 0 Å². The summed E-state index contributed by atoms with van der Waals surface area (Å²) in [4.78, 5) is 33.0. The number of thiazole rings is 2. The van der Waals surface area contributed by atoms with E-state index in [2.05, 4.69) is 20.6 Å². The molecular formula is C20H16Cl2N4O2S3. The van der Waals surface area contributed by atoms with Gasteiger partial charge < -0.3 is 10.6 Å². The van der Waals surface area contributed by atoms with Crippen LogP contribution in [0, 0.1) is 0 Å². The van der Waals surface area contributed by atoms with E-state index in [1.165, 1.54) is 22.7 Å². The summed E-state index contributed by atoms with van der Waals surface area (Å²) in [6.07, 6.45) is 0.698. The molecule has 0 unspecified atom stereocenters. The monoisotopic (exact) mass is 510 g/mol. The van der Waals surface area contributed by atoms with E-state index in [9.17, 15) is 9.59 Å². The molecule has 2 aromatic heterocycles. The Morgan fingerprint density at radius 2 is 1.26 bits per heavy atom. The van der Waals surface area contributed by atoms with Crippen LogP contribution < -0.4 is 10.6 Å². The molecule has 0 aliphatic rings. The second-order valence-corrected chi connectivity index (χ2v) is 10.6. The highest BCUT2D eigenvalue weighted by Gasteiger charge is 2.10. The van der Waals surface area contributed by atoms with Crippen molar-refractivity contribution in [2.75, 3.05) is 22.1 Å². The number of carbonyl (C=O) groups excluding carboxylic acids is 2. The smallest absolute Gasteiger partial charge is 0.226 e. The summed E-state index contributed by atoms with van der Waals surface area (Å²) in [5, 5.41) is 8.03. The summed E-state index contributed by atoms with van der Waals surface area (Å²) in [7, 11) is 0. The molecule has 0 aliphatic carbocycles. The molecule has 0 fully saturated rings. The van der Waals surface area contributed by atoms with Gasteiger partial charge in [-0.3, -0.25) is 9.59 Å². The zero-order valence-electron chi connectivity index (χ0n) is 16.0. The largest absolute Gasteiger partial charge is 0.302 e. The third kappa shape index (κ3) is 6.08.